The third-order valence-electron chi connectivity index (χ3n) is 4.19. The summed E-state index contributed by atoms with van der Waals surface area (Å²) in [6, 6.07) is 17.2. The molecule has 5 nitrogen and oxygen atoms in total. The zero-order chi connectivity index (χ0) is 19.8. The van der Waals surface area contributed by atoms with Crippen molar-refractivity contribution in [2.45, 2.75) is 26.3 Å². The van der Waals surface area contributed by atoms with Crippen LogP contribution in [0, 0.1) is 5.82 Å². The average molecular weight is 378 g/mol. The predicted octanol–water partition coefficient (Wildman–Crippen LogP) is 4.42. The van der Waals surface area contributed by atoms with Gasteiger partial charge in [0, 0.05) is 24.7 Å². The van der Waals surface area contributed by atoms with Crippen molar-refractivity contribution in [2.75, 3.05) is 11.9 Å². The average Bonchev–Trinajstić information content (AvgIpc) is 2.74. The fourth-order valence-corrected chi connectivity index (χ4v) is 2.64. The minimum Gasteiger partial charge on any atom is -0.370 e. The molecule has 2 aromatic carbocycles. The van der Waals surface area contributed by atoms with Crippen molar-refractivity contribution in [1.82, 2.24) is 15.3 Å². The van der Waals surface area contributed by atoms with Crippen LogP contribution in [0.25, 0.3) is 11.4 Å². The van der Waals surface area contributed by atoms with Crippen molar-refractivity contribution < 1.29 is 9.18 Å². The quantitative estimate of drug-likeness (QED) is 0.569. The van der Waals surface area contributed by atoms with Crippen molar-refractivity contribution in [3.05, 3.63) is 77.7 Å². The molecule has 2 N–H and O–H groups in total. The van der Waals surface area contributed by atoms with E-state index in [9.17, 15) is 9.18 Å². The van der Waals surface area contributed by atoms with Crippen LogP contribution < -0.4 is 10.6 Å². The van der Waals surface area contributed by atoms with Crippen molar-refractivity contribution in [3.63, 3.8) is 0 Å². The molecule has 0 aliphatic heterocycles. The van der Waals surface area contributed by atoms with E-state index in [0.29, 0.717) is 18.2 Å². The lowest BCUT2D eigenvalue weighted by atomic mass is 10.2. The molecule has 0 radical (unpaired) electrons. The molecule has 6 heteroatoms. The minimum absolute atomic E-state index is 0.287. The van der Waals surface area contributed by atoms with E-state index in [1.807, 2.05) is 30.3 Å². The monoisotopic (exact) mass is 378 g/mol. The van der Waals surface area contributed by atoms with Crippen LogP contribution in [0.5, 0.6) is 0 Å². The second-order valence-corrected chi connectivity index (χ2v) is 6.42. The standard InChI is InChI=1S/C22H23FN4O/c1-2-3-13-24-20-14-19(26-21(27-20)17-7-5-4-6-8-17)22(28)25-15-16-9-11-18(23)12-10-16/h4-12,14H,2-3,13,15H2,1H3,(H,25,28)(H,24,26,27). The lowest BCUT2D eigenvalue weighted by Crippen LogP contribution is -2.24. The van der Waals surface area contributed by atoms with Gasteiger partial charge >= 0.3 is 0 Å². The zero-order valence-corrected chi connectivity index (χ0v) is 15.8. The van der Waals surface area contributed by atoms with E-state index in [-0.39, 0.29) is 17.4 Å². The fourth-order valence-electron chi connectivity index (χ4n) is 2.64. The van der Waals surface area contributed by atoms with E-state index >= 15 is 0 Å². The number of nitrogens with one attached hydrogen (secondary N) is 2. The number of nitrogens with zero attached hydrogens (tertiary/aromatic N) is 2. The van der Waals surface area contributed by atoms with E-state index < -0.39 is 0 Å². The Labute approximate surface area is 164 Å². The molecule has 3 aromatic rings. The maximum Gasteiger partial charge on any atom is 0.270 e. The Hall–Kier alpha value is -3.28. The van der Waals surface area contributed by atoms with Gasteiger partial charge in [0.25, 0.3) is 5.91 Å². The summed E-state index contributed by atoms with van der Waals surface area (Å²) in [5, 5.41) is 6.09. The molecule has 1 heterocycles. The molecule has 0 spiro atoms. The van der Waals surface area contributed by atoms with Crippen LogP contribution in [-0.4, -0.2) is 22.4 Å². The number of rotatable bonds is 8. The highest BCUT2D eigenvalue weighted by atomic mass is 19.1. The SMILES string of the molecule is CCCCNc1cc(C(=O)NCc2ccc(F)cc2)nc(-c2ccccc2)n1. The van der Waals surface area contributed by atoms with E-state index in [4.69, 9.17) is 0 Å². The Morgan fingerprint density at radius 1 is 1.04 bits per heavy atom. The number of unbranched alkanes of at least 4 members (excludes halogenated alkanes) is 1. The number of hydrogen-bond donors (Lipinski definition) is 2. The highest BCUT2D eigenvalue weighted by Gasteiger charge is 2.13. The van der Waals surface area contributed by atoms with Crippen LogP contribution in [0.4, 0.5) is 10.2 Å². The molecule has 0 atom stereocenters. The molecule has 0 aliphatic carbocycles. The Kier molecular flexibility index (Phi) is 6.68. The number of benzene rings is 2. The number of halogens is 1. The van der Waals surface area contributed by atoms with Crippen molar-refractivity contribution >= 4 is 11.7 Å². The summed E-state index contributed by atoms with van der Waals surface area (Å²) in [6.45, 7) is 3.19. The second kappa shape index (κ2) is 9.60. The van der Waals surface area contributed by atoms with E-state index in [1.54, 1.807) is 18.2 Å². The van der Waals surface area contributed by atoms with E-state index in [0.717, 1.165) is 30.5 Å². The summed E-state index contributed by atoms with van der Waals surface area (Å²) >= 11 is 0. The molecule has 3 rings (SSSR count). The van der Waals surface area contributed by atoms with Gasteiger partial charge in [-0.25, -0.2) is 14.4 Å². The van der Waals surface area contributed by atoms with Gasteiger partial charge in [-0.1, -0.05) is 55.8 Å². The summed E-state index contributed by atoms with van der Waals surface area (Å²) in [5.74, 6) is 0.506. The molecular formula is C22H23FN4O. The number of carbonyl (C=O) groups excluding carboxylic acids is 1. The van der Waals surface area contributed by atoms with Gasteiger partial charge in [0.05, 0.1) is 0 Å². The lowest BCUT2D eigenvalue weighted by Gasteiger charge is -2.10. The Morgan fingerprint density at radius 2 is 1.79 bits per heavy atom. The van der Waals surface area contributed by atoms with Crippen LogP contribution >= 0.6 is 0 Å². The van der Waals surface area contributed by atoms with Crippen LogP contribution in [0.15, 0.2) is 60.7 Å². The Balaban J connectivity index is 1.80. The first kappa shape index (κ1) is 19.5. The lowest BCUT2D eigenvalue weighted by molar-refractivity contribution is 0.0946. The van der Waals surface area contributed by atoms with Gasteiger partial charge in [-0.15, -0.1) is 0 Å². The van der Waals surface area contributed by atoms with Gasteiger partial charge < -0.3 is 10.6 Å². The maximum atomic E-state index is 13.0. The first-order valence-electron chi connectivity index (χ1n) is 9.36. The third-order valence-corrected chi connectivity index (χ3v) is 4.19. The van der Waals surface area contributed by atoms with Crippen LogP contribution in [0.3, 0.4) is 0 Å². The number of amides is 1. The molecule has 1 amide bonds. The van der Waals surface area contributed by atoms with E-state index in [2.05, 4.69) is 27.5 Å². The molecule has 28 heavy (non-hydrogen) atoms. The maximum absolute atomic E-state index is 13.0. The predicted molar refractivity (Wildman–Crippen MR) is 108 cm³/mol. The highest BCUT2D eigenvalue weighted by molar-refractivity contribution is 5.93. The van der Waals surface area contributed by atoms with Crippen molar-refractivity contribution in [3.8, 4) is 11.4 Å². The summed E-state index contributed by atoms with van der Waals surface area (Å²) < 4.78 is 13.0. The summed E-state index contributed by atoms with van der Waals surface area (Å²) in [7, 11) is 0. The van der Waals surface area contributed by atoms with Gasteiger partial charge in [-0.2, -0.15) is 0 Å². The molecule has 1 aromatic heterocycles. The molecule has 0 saturated heterocycles. The van der Waals surface area contributed by atoms with Crippen LogP contribution in [-0.2, 0) is 6.54 Å². The number of anilines is 1. The second-order valence-electron chi connectivity index (χ2n) is 6.42. The Morgan fingerprint density at radius 3 is 2.50 bits per heavy atom. The largest absolute Gasteiger partial charge is 0.370 e. The van der Waals surface area contributed by atoms with Crippen LogP contribution in [0.2, 0.25) is 0 Å². The molecule has 0 aliphatic rings. The fraction of sp³-hybridized carbons (Fsp3) is 0.227. The van der Waals surface area contributed by atoms with Gasteiger partial charge in [0.1, 0.15) is 17.3 Å². The normalized spacial score (nSPS) is 10.5. The highest BCUT2D eigenvalue weighted by Crippen LogP contribution is 2.18. The minimum atomic E-state index is -0.304. The first-order chi connectivity index (χ1) is 13.7. The Bertz CT molecular complexity index is 914. The van der Waals surface area contributed by atoms with Crippen molar-refractivity contribution in [2.24, 2.45) is 0 Å². The summed E-state index contributed by atoms with van der Waals surface area (Å²) in [6.07, 6.45) is 2.07. The van der Waals surface area contributed by atoms with Gasteiger partial charge in [0.15, 0.2) is 5.82 Å². The molecule has 144 valence electrons. The number of hydrogen-bond acceptors (Lipinski definition) is 4. The topological polar surface area (TPSA) is 66.9 Å². The number of aromatic nitrogens is 2. The first-order valence-corrected chi connectivity index (χ1v) is 9.36. The van der Waals surface area contributed by atoms with Crippen molar-refractivity contribution in [1.29, 1.82) is 0 Å². The summed E-state index contributed by atoms with van der Waals surface area (Å²) in [5.41, 5.74) is 1.94. The summed E-state index contributed by atoms with van der Waals surface area (Å²) in [4.78, 5) is 21.6. The van der Waals surface area contributed by atoms with Gasteiger partial charge in [-0.3, -0.25) is 4.79 Å². The molecule has 0 saturated carbocycles. The van der Waals surface area contributed by atoms with Crippen LogP contribution in [0.1, 0.15) is 35.8 Å². The molecule has 0 unspecified atom stereocenters. The van der Waals surface area contributed by atoms with Gasteiger partial charge in [-0.05, 0) is 24.1 Å². The molecule has 0 fully saturated rings. The third kappa shape index (κ3) is 5.36. The molecule has 0 bridgehead atoms. The smallest absolute Gasteiger partial charge is 0.270 e. The molecular weight excluding hydrogens is 355 g/mol. The van der Waals surface area contributed by atoms with Gasteiger partial charge in [0.2, 0.25) is 0 Å². The zero-order valence-electron chi connectivity index (χ0n) is 15.8. The number of carbonyl (C=O) groups is 1. The van der Waals surface area contributed by atoms with E-state index in [1.165, 1.54) is 12.1 Å².